The normalized spacial score (nSPS) is 19.1. The number of nitrogens with zero attached hydrogens (tertiary/aromatic N) is 4. The van der Waals surface area contributed by atoms with Crippen LogP contribution in [0.1, 0.15) is 30.5 Å². The zero-order valence-electron chi connectivity index (χ0n) is 18.3. The molecule has 1 saturated heterocycles. The molecule has 32 heavy (non-hydrogen) atoms. The molecule has 0 saturated carbocycles. The molecule has 2 aliphatic rings. The number of benzene rings is 2. The Hall–Kier alpha value is -2.90. The number of amides is 2. The fraction of sp³-hybridized carbons (Fsp3) is 0.375. The molecule has 168 valence electrons. The monoisotopic (exact) mass is 454 g/mol. The highest BCUT2D eigenvalue weighted by Crippen LogP contribution is 2.35. The van der Waals surface area contributed by atoms with Crippen molar-refractivity contribution in [2.75, 3.05) is 39.8 Å². The minimum absolute atomic E-state index is 0.0656. The fourth-order valence-electron chi connectivity index (χ4n) is 4.17. The molecule has 0 N–H and O–H groups in total. The quantitative estimate of drug-likeness (QED) is 0.696. The van der Waals surface area contributed by atoms with Crippen LogP contribution < -0.4 is 4.74 Å². The highest BCUT2D eigenvalue weighted by molar-refractivity contribution is 6.34. The van der Waals surface area contributed by atoms with Crippen molar-refractivity contribution in [2.45, 2.75) is 19.4 Å². The number of rotatable bonds is 5. The lowest BCUT2D eigenvalue weighted by atomic mass is 9.98. The van der Waals surface area contributed by atoms with E-state index in [9.17, 15) is 9.59 Å². The van der Waals surface area contributed by atoms with Gasteiger partial charge in [-0.2, -0.15) is 5.10 Å². The molecule has 8 heteroatoms. The summed E-state index contributed by atoms with van der Waals surface area (Å²) in [6.45, 7) is 4.46. The minimum Gasteiger partial charge on any atom is -0.497 e. The van der Waals surface area contributed by atoms with Crippen molar-refractivity contribution in [3.05, 3.63) is 64.7 Å². The lowest BCUT2D eigenvalue weighted by Crippen LogP contribution is -2.50. The number of hydrogen-bond donors (Lipinski definition) is 0. The van der Waals surface area contributed by atoms with Gasteiger partial charge >= 0.3 is 0 Å². The summed E-state index contributed by atoms with van der Waals surface area (Å²) in [6.07, 6.45) is 0.583. The highest BCUT2D eigenvalue weighted by atomic mass is 35.5. The number of hydrogen-bond acceptors (Lipinski definition) is 5. The third-order valence-electron chi connectivity index (χ3n) is 6.03. The summed E-state index contributed by atoms with van der Waals surface area (Å²) < 4.78 is 5.28. The molecule has 4 rings (SSSR count). The van der Waals surface area contributed by atoms with E-state index in [1.54, 1.807) is 19.0 Å². The van der Waals surface area contributed by atoms with Gasteiger partial charge in [-0.15, -0.1) is 0 Å². The van der Waals surface area contributed by atoms with E-state index in [0.29, 0.717) is 37.6 Å². The Balaban J connectivity index is 1.55. The molecule has 1 unspecified atom stereocenters. The number of methoxy groups -OCH3 is 1. The smallest absolute Gasteiger partial charge is 0.257 e. The Morgan fingerprint density at radius 2 is 1.75 bits per heavy atom. The summed E-state index contributed by atoms with van der Waals surface area (Å²) in [5, 5.41) is 6.94. The van der Waals surface area contributed by atoms with E-state index in [4.69, 9.17) is 21.4 Å². The zero-order chi connectivity index (χ0) is 22.7. The average Bonchev–Trinajstić information content (AvgIpc) is 3.25. The molecule has 0 spiro atoms. The van der Waals surface area contributed by atoms with Crippen molar-refractivity contribution in [2.24, 2.45) is 5.10 Å². The molecule has 0 aromatic heterocycles. The second kappa shape index (κ2) is 9.71. The Morgan fingerprint density at radius 1 is 1.06 bits per heavy atom. The zero-order valence-corrected chi connectivity index (χ0v) is 19.1. The van der Waals surface area contributed by atoms with Crippen LogP contribution in [0, 0.1) is 0 Å². The van der Waals surface area contributed by atoms with Crippen LogP contribution >= 0.6 is 11.6 Å². The van der Waals surface area contributed by atoms with Crippen molar-refractivity contribution >= 4 is 29.1 Å². The van der Waals surface area contributed by atoms with E-state index in [1.165, 1.54) is 0 Å². The van der Waals surface area contributed by atoms with E-state index >= 15 is 0 Å². The number of ether oxygens (including phenoxy) is 1. The molecule has 1 atom stereocenters. The largest absolute Gasteiger partial charge is 0.497 e. The molecule has 0 aliphatic carbocycles. The fourth-order valence-corrected chi connectivity index (χ4v) is 4.41. The van der Waals surface area contributed by atoms with Gasteiger partial charge in [0.2, 0.25) is 5.91 Å². The lowest BCUT2D eigenvalue weighted by Gasteiger charge is -2.34. The van der Waals surface area contributed by atoms with Crippen LogP contribution in [-0.4, -0.2) is 72.2 Å². The van der Waals surface area contributed by atoms with Gasteiger partial charge in [0.25, 0.3) is 5.91 Å². The van der Waals surface area contributed by atoms with Crippen LogP contribution in [0.25, 0.3) is 0 Å². The number of halogens is 1. The third kappa shape index (κ3) is 4.79. The van der Waals surface area contributed by atoms with Gasteiger partial charge in [0.05, 0.1) is 25.4 Å². The molecule has 2 aromatic carbocycles. The molecule has 0 radical (unpaired) electrons. The molecule has 0 bridgehead atoms. The van der Waals surface area contributed by atoms with Gasteiger partial charge in [-0.25, -0.2) is 5.01 Å². The van der Waals surface area contributed by atoms with Crippen molar-refractivity contribution < 1.29 is 14.3 Å². The Labute approximate surface area is 193 Å². The number of carbonyl (C=O) groups is 2. The van der Waals surface area contributed by atoms with Crippen molar-refractivity contribution in [1.29, 1.82) is 0 Å². The average molecular weight is 455 g/mol. The van der Waals surface area contributed by atoms with Gasteiger partial charge in [-0.05, 0) is 23.8 Å². The molecule has 2 aromatic rings. The van der Waals surface area contributed by atoms with Crippen molar-refractivity contribution in [3.63, 3.8) is 0 Å². The first-order chi connectivity index (χ1) is 15.5. The van der Waals surface area contributed by atoms with E-state index in [0.717, 1.165) is 22.6 Å². The van der Waals surface area contributed by atoms with Gasteiger partial charge in [0, 0.05) is 50.1 Å². The van der Waals surface area contributed by atoms with Crippen molar-refractivity contribution in [1.82, 2.24) is 14.8 Å². The van der Waals surface area contributed by atoms with Crippen LogP contribution in [0.15, 0.2) is 53.6 Å². The minimum atomic E-state index is -0.210. The van der Waals surface area contributed by atoms with Gasteiger partial charge in [-0.3, -0.25) is 14.5 Å². The Morgan fingerprint density at radius 3 is 2.38 bits per heavy atom. The molecule has 2 aliphatic heterocycles. The maximum Gasteiger partial charge on any atom is 0.257 e. The first-order valence-electron chi connectivity index (χ1n) is 10.7. The second-order valence-corrected chi connectivity index (χ2v) is 8.45. The predicted octanol–water partition coefficient (Wildman–Crippen LogP) is 3.19. The Bertz CT molecular complexity index is 1020. The Kier molecular flexibility index (Phi) is 6.77. The van der Waals surface area contributed by atoms with Crippen LogP contribution in [0.5, 0.6) is 5.75 Å². The van der Waals surface area contributed by atoms with Crippen LogP contribution in [0.4, 0.5) is 0 Å². The van der Waals surface area contributed by atoms with Crippen LogP contribution in [0.3, 0.4) is 0 Å². The standard InChI is InChI=1S/C24H27ClN4O3/c1-17(30)28-13-11-27(12-14-28)16-24(31)29-23(18-7-9-19(32-2)10-8-18)15-22(26-29)20-5-3-4-6-21(20)25/h3-10,23H,11-16H2,1-2H3. The summed E-state index contributed by atoms with van der Waals surface area (Å²) >= 11 is 6.42. The van der Waals surface area contributed by atoms with Crippen LogP contribution in [-0.2, 0) is 9.59 Å². The second-order valence-electron chi connectivity index (χ2n) is 8.04. The van der Waals surface area contributed by atoms with Crippen molar-refractivity contribution in [3.8, 4) is 5.75 Å². The topological polar surface area (TPSA) is 65.5 Å². The summed E-state index contributed by atoms with van der Waals surface area (Å²) in [7, 11) is 1.63. The number of piperazine rings is 1. The van der Waals surface area contributed by atoms with Gasteiger partial charge in [0.15, 0.2) is 0 Å². The summed E-state index contributed by atoms with van der Waals surface area (Å²) in [6, 6.07) is 15.1. The lowest BCUT2D eigenvalue weighted by molar-refractivity contribution is -0.135. The molecule has 1 fully saturated rings. The highest BCUT2D eigenvalue weighted by Gasteiger charge is 2.34. The van der Waals surface area contributed by atoms with Gasteiger partial charge in [0.1, 0.15) is 5.75 Å². The number of hydrazone groups is 1. The summed E-state index contributed by atoms with van der Waals surface area (Å²) in [5.41, 5.74) is 2.63. The van der Waals surface area contributed by atoms with E-state index < -0.39 is 0 Å². The molecule has 2 heterocycles. The molecule has 7 nitrogen and oxygen atoms in total. The van der Waals surface area contributed by atoms with E-state index in [1.807, 2.05) is 53.4 Å². The van der Waals surface area contributed by atoms with Gasteiger partial charge in [-0.1, -0.05) is 41.9 Å². The van der Waals surface area contributed by atoms with Gasteiger partial charge < -0.3 is 9.64 Å². The van der Waals surface area contributed by atoms with Crippen LogP contribution in [0.2, 0.25) is 5.02 Å². The summed E-state index contributed by atoms with van der Waals surface area (Å²) in [4.78, 5) is 28.8. The van der Waals surface area contributed by atoms with E-state index in [2.05, 4.69) is 4.90 Å². The predicted molar refractivity (Wildman–Crippen MR) is 124 cm³/mol. The number of carbonyl (C=O) groups excluding carboxylic acids is 2. The maximum absolute atomic E-state index is 13.3. The molecular formula is C24H27ClN4O3. The summed E-state index contributed by atoms with van der Waals surface area (Å²) in [5.74, 6) is 0.772. The molecule has 2 amide bonds. The first kappa shape index (κ1) is 22.3. The van der Waals surface area contributed by atoms with E-state index in [-0.39, 0.29) is 24.4 Å². The third-order valence-corrected chi connectivity index (χ3v) is 6.36. The SMILES string of the molecule is COc1ccc(C2CC(c3ccccc3Cl)=NN2C(=O)CN2CCN(C(C)=O)CC2)cc1. The molecular weight excluding hydrogens is 428 g/mol. The maximum atomic E-state index is 13.3. The first-order valence-corrected chi connectivity index (χ1v) is 11.1.